The molecule has 2 heterocycles. The van der Waals surface area contributed by atoms with Crippen LogP contribution in [0.15, 0.2) is 36.5 Å². The summed E-state index contributed by atoms with van der Waals surface area (Å²) in [5.74, 6) is -0.958. The maximum atomic E-state index is 12.7. The van der Waals surface area contributed by atoms with E-state index in [0.717, 1.165) is 5.56 Å². The number of amides is 2. The summed E-state index contributed by atoms with van der Waals surface area (Å²) in [7, 11) is 0. The lowest BCUT2D eigenvalue weighted by atomic mass is 10.1. The van der Waals surface area contributed by atoms with Gasteiger partial charge < -0.3 is 4.74 Å². The maximum Gasteiger partial charge on any atom is 0.422 e. The SMILES string of the molecule is O=C1c2ccccc2C(=O)N1C1CCc2cnc(OCC(F)(F)F)cc21. The molecule has 8 heteroatoms. The van der Waals surface area contributed by atoms with Crippen molar-refractivity contribution in [3.8, 4) is 5.88 Å². The van der Waals surface area contributed by atoms with Gasteiger partial charge in [0.05, 0.1) is 17.2 Å². The molecule has 5 nitrogen and oxygen atoms in total. The molecule has 0 radical (unpaired) electrons. The Bertz CT molecular complexity index is 876. The number of pyridine rings is 1. The van der Waals surface area contributed by atoms with Gasteiger partial charge in [0.1, 0.15) is 0 Å². The highest BCUT2D eigenvalue weighted by atomic mass is 19.4. The van der Waals surface area contributed by atoms with Crippen molar-refractivity contribution in [3.63, 3.8) is 0 Å². The van der Waals surface area contributed by atoms with Crippen molar-refractivity contribution in [1.82, 2.24) is 9.88 Å². The fraction of sp³-hybridized carbons (Fsp3) is 0.278. The third-order valence-corrected chi connectivity index (χ3v) is 4.56. The van der Waals surface area contributed by atoms with Gasteiger partial charge in [-0.25, -0.2) is 4.98 Å². The van der Waals surface area contributed by atoms with E-state index < -0.39 is 30.6 Å². The van der Waals surface area contributed by atoms with Gasteiger partial charge in [0.15, 0.2) is 6.61 Å². The van der Waals surface area contributed by atoms with E-state index in [0.29, 0.717) is 29.5 Å². The van der Waals surface area contributed by atoms with E-state index in [-0.39, 0.29) is 5.88 Å². The van der Waals surface area contributed by atoms with E-state index in [1.165, 1.54) is 17.2 Å². The van der Waals surface area contributed by atoms with Crippen LogP contribution in [0.25, 0.3) is 0 Å². The molecule has 0 saturated carbocycles. The zero-order chi connectivity index (χ0) is 18.5. The van der Waals surface area contributed by atoms with Gasteiger partial charge in [0, 0.05) is 12.3 Å². The Morgan fingerprint density at radius 2 is 1.81 bits per heavy atom. The fourth-order valence-corrected chi connectivity index (χ4v) is 3.44. The molecule has 26 heavy (non-hydrogen) atoms. The molecule has 0 spiro atoms. The normalized spacial score (nSPS) is 18.9. The predicted octanol–water partition coefficient (Wildman–Crippen LogP) is 3.31. The van der Waals surface area contributed by atoms with E-state index >= 15 is 0 Å². The Morgan fingerprint density at radius 1 is 1.15 bits per heavy atom. The van der Waals surface area contributed by atoms with Gasteiger partial charge in [-0.15, -0.1) is 0 Å². The van der Waals surface area contributed by atoms with Crippen LogP contribution >= 0.6 is 0 Å². The van der Waals surface area contributed by atoms with E-state index in [9.17, 15) is 22.8 Å². The monoisotopic (exact) mass is 362 g/mol. The van der Waals surface area contributed by atoms with Crippen molar-refractivity contribution in [2.24, 2.45) is 0 Å². The topological polar surface area (TPSA) is 59.5 Å². The number of alkyl halides is 3. The second kappa shape index (κ2) is 5.82. The van der Waals surface area contributed by atoms with Crippen LogP contribution in [0.5, 0.6) is 5.88 Å². The first kappa shape index (κ1) is 16.6. The van der Waals surface area contributed by atoms with Crippen molar-refractivity contribution >= 4 is 11.8 Å². The van der Waals surface area contributed by atoms with Crippen LogP contribution in [0.3, 0.4) is 0 Å². The van der Waals surface area contributed by atoms with E-state index in [2.05, 4.69) is 4.98 Å². The summed E-state index contributed by atoms with van der Waals surface area (Å²) in [6.45, 7) is -1.45. The molecule has 4 rings (SSSR count). The Morgan fingerprint density at radius 3 is 2.42 bits per heavy atom. The maximum absolute atomic E-state index is 12.7. The lowest BCUT2D eigenvalue weighted by Crippen LogP contribution is -2.33. The van der Waals surface area contributed by atoms with Crippen LogP contribution in [0.2, 0.25) is 0 Å². The number of ether oxygens (including phenoxy) is 1. The highest BCUT2D eigenvalue weighted by Crippen LogP contribution is 2.40. The lowest BCUT2D eigenvalue weighted by Gasteiger charge is -2.23. The number of halogens is 3. The van der Waals surface area contributed by atoms with Gasteiger partial charge in [0.2, 0.25) is 5.88 Å². The lowest BCUT2D eigenvalue weighted by molar-refractivity contribution is -0.154. The first-order valence-corrected chi connectivity index (χ1v) is 8.00. The van der Waals surface area contributed by atoms with Gasteiger partial charge in [0.25, 0.3) is 11.8 Å². The second-order valence-corrected chi connectivity index (χ2v) is 6.21. The molecule has 1 aliphatic heterocycles. The van der Waals surface area contributed by atoms with Crippen molar-refractivity contribution in [3.05, 3.63) is 58.8 Å². The van der Waals surface area contributed by atoms with Crippen molar-refractivity contribution in [2.75, 3.05) is 6.61 Å². The minimum absolute atomic E-state index is 0.176. The number of hydrogen-bond donors (Lipinski definition) is 0. The van der Waals surface area contributed by atoms with Crippen LogP contribution in [0.4, 0.5) is 13.2 Å². The number of benzene rings is 1. The average molecular weight is 362 g/mol. The van der Waals surface area contributed by atoms with Crippen LogP contribution in [0, 0.1) is 0 Å². The number of aromatic nitrogens is 1. The molecular weight excluding hydrogens is 349 g/mol. The van der Waals surface area contributed by atoms with Gasteiger partial charge in [-0.3, -0.25) is 14.5 Å². The predicted molar refractivity (Wildman–Crippen MR) is 83.8 cm³/mol. The molecule has 1 aromatic heterocycles. The summed E-state index contributed by atoms with van der Waals surface area (Å²) >= 11 is 0. The number of imide groups is 1. The standard InChI is InChI=1S/C18H13F3N2O3/c19-18(20,21)9-26-15-7-13-10(8-22-15)5-6-14(13)23-16(24)11-3-1-2-4-12(11)17(23)25/h1-4,7-8,14H,5-6,9H2. The summed E-state index contributed by atoms with van der Waals surface area (Å²) in [6, 6.07) is 7.41. The number of carbonyl (C=O) groups is 2. The molecule has 0 fully saturated rings. The molecule has 0 N–H and O–H groups in total. The van der Waals surface area contributed by atoms with Crippen molar-refractivity contribution in [2.45, 2.75) is 25.1 Å². The van der Waals surface area contributed by atoms with E-state index in [1.807, 2.05) is 0 Å². The second-order valence-electron chi connectivity index (χ2n) is 6.21. The Hall–Kier alpha value is -2.90. The number of hydrogen-bond acceptors (Lipinski definition) is 4. The van der Waals surface area contributed by atoms with Crippen LogP contribution in [-0.2, 0) is 6.42 Å². The molecule has 2 amide bonds. The summed E-state index contributed by atoms with van der Waals surface area (Å²) in [5.41, 5.74) is 2.08. The summed E-state index contributed by atoms with van der Waals surface area (Å²) in [6.07, 6.45) is -1.94. The molecule has 0 bridgehead atoms. The molecule has 2 aromatic rings. The summed E-state index contributed by atoms with van der Waals surface area (Å²) in [4.78, 5) is 30.4. The molecule has 1 unspecified atom stereocenters. The number of rotatable bonds is 3. The molecule has 134 valence electrons. The smallest absolute Gasteiger partial charge is 0.422 e. The summed E-state index contributed by atoms with van der Waals surface area (Å²) in [5, 5.41) is 0. The summed E-state index contributed by atoms with van der Waals surface area (Å²) < 4.78 is 41.7. The zero-order valence-electron chi connectivity index (χ0n) is 13.4. The van der Waals surface area contributed by atoms with Gasteiger partial charge in [-0.2, -0.15) is 13.2 Å². The number of carbonyl (C=O) groups excluding carboxylic acids is 2. The molecule has 1 atom stereocenters. The van der Waals surface area contributed by atoms with Gasteiger partial charge >= 0.3 is 6.18 Å². The minimum atomic E-state index is -4.47. The van der Waals surface area contributed by atoms with Crippen molar-refractivity contribution in [1.29, 1.82) is 0 Å². The first-order chi connectivity index (χ1) is 12.3. The third kappa shape index (κ3) is 2.71. The minimum Gasteiger partial charge on any atom is -0.468 e. The molecular formula is C18H13F3N2O3. The molecule has 1 aliphatic carbocycles. The largest absolute Gasteiger partial charge is 0.468 e. The Kier molecular flexibility index (Phi) is 3.71. The van der Waals surface area contributed by atoms with Crippen LogP contribution in [-0.4, -0.2) is 34.5 Å². The zero-order valence-corrected chi connectivity index (χ0v) is 13.4. The van der Waals surface area contributed by atoms with Crippen LogP contribution in [0.1, 0.15) is 44.3 Å². The quantitative estimate of drug-likeness (QED) is 0.786. The number of fused-ring (bicyclic) bond motifs is 2. The molecule has 1 aromatic carbocycles. The fourth-order valence-electron chi connectivity index (χ4n) is 3.44. The van der Waals surface area contributed by atoms with Crippen molar-refractivity contribution < 1.29 is 27.5 Å². The average Bonchev–Trinajstić information content (AvgIpc) is 3.12. The molecule has 2 aliphatic rings. The highest BCUT2D eigenvalue weighted by Gasteiger charge is 2.42. The highest BCUT2D eigenvalue weighted by molar-refractivity contribution is 6.21. The third-order valence-electron chi connectivity index (χ3n) is 4.56. The number of aryl methyl sites for hydroxylation is 1. The van der Waals surface area contributed by atoms with E-state index in [1.54, 1.807) is 24.3 Å². The Balaban J connectivity index is 1.64. The molecule has 0 saturated heterocycles. The Labute approximate surface area is 146 Å². The van der Waals surface area contributed by atoms with Gasteiger partial charge in [-0.1, -0.05) is 12.1 Å². The number of nitrogens with zero attached hydrogens (tertiary/aromatic N) is 2. The van der Waals surface area contributed by atoms with Gasteiger partial charge in [-0.05, 0) is 36.1 Å². The first-order valence-electron chi connectivity index (χ1n) is 8.00. The van der Waals surface area contributed by atoms with Crippen LogP contribution < -0.4 is 4.74 Å². The van der Waals surface area contributed by atoms with E-state index in [4.69, 9.17) is 4.74 Å².